The summed E-state index contributed by atoms with van der Waals surface area (Å²) in [6, 6.07) is 4.37. The lowest BCUT2D eigenvalue weighted by Gasteiger charge is -2.12. The van der Waals surface area contributed by atoms with E-state index in [2.05, 4.69) is 0 Å². The van der Waals surface area contributed by atoms with Crippen molar-refractivity contribution in [2.45, 2.75) is 31.7 Å². The molecule has 66 valence electrons. The van der Waals surface area contributed by atoms with Crippen molar-refractivity contribution in [3.63, 3.8) is 0 Å². The summed E-state index contributed by atoms with van der Waals surface area (Å²) in [5.74, 6) is 1.73. The molecule has 1 aliphatic rings. The predicted octanol–water partition coefficient (Wildman–Crippen LogP) is 1.95. The zero-order chi connectivity index (χ0) is 8.39. The molecule has 0 bridgehead atoms. The van der Waals surface area contributed by atoms with E-state index in [-0.39, 0.29) is 0 Å². The topological polar surface area (TPSA) is 39.2 Å². The van der Waals surface area contributed by atoms with Crippen LogP contribution in [-0.4, -0.2) is 6.04 Å². The van der Waals surface area contributed by atoms with Crippen LogP contribution in [0.15, 0.2) is 22.8 Å². The molecule has 2 nitrogen and oxygen atoms in total. The van der Waals surface area contributed by atoms with Crippen LogP contribution in [0.2, 0.25) is 0 Å². The molecule has 0 aliphatic heterocycles. The van der Waals surface area contributed by atoms with Gasteiger partial charge < -0.3 is 10.2 Å². The summed E-state index contributed by atoms with van der Waals surface area (Å²) < 4.78 is 5.29. The van der Waals surface area contributed by atoms with Gasteiger partial charge in [0, 0.05) is 12.5 Å². The van der Waals surface area contributed by atoms with Gasteiger partial charge >= 0.3 is 0 Å². The third-order valence-electron chi connectivity index (χ3n) is 2.76. The lowest BCUT2D eigenvalue weighted by atomic mass is 9.99. The third kappa shape index (κ3) is 1.53. The van der Waals surface area contributed by atoms with Crippen LogP contribution in [0, 0.1) is 5.92 Å². The van der Waals surface area contributed by atoms with Crippen molar-refractivity contribution >= 4 is 0 Å². The Morgan fingerprint density at radius 1 is 1.50 bits per heavy atom. The van der Waals surface area contributed by atoms with Gasteiger partial charge in [-0.1, -0.05) is 6.42 Å². The van der Waals surface area contributed by atoms with E-state index in [1.807, 2.05) is 12.1 Å². The summed E-state index contributed by atoms with van der Waals surface area (Å²) in [5, 5.41) is 0. The minimum atomic E-state index is 0.398. The Hall–Kier alpha value is -0.760. The van der Waals surface area contributed by atoms with Crippen LogP contribution in [0.3, 0.4) is 0 Å². The van der Waals surface area contributed by atoms with Crippen molar-refractivity contribution in [3.05, 3.63) is 24.2 Å². The SMILES string of the molecule is N[C@H]1CCC[C@@H]1Cc1ccco1. The van der Waals surface area contributed by atoms with Crippen molar-refractivity contribution < 1.29 is 4.42 Å². The maximum absolute atomic E-state index is 5.95. The molecule has 1 fully saturated rings. The second-order valence-electron chi connectivity index (χ2n) is 3.64. The first-order valence-corrected chi connectivity index (χ1v) is 4.64. The molecular formula is C10H15NO. The fourth-order valence-electron chi connectivity index (χ4n) is 2.01. The highest BCUT2D eigenvalue weighted by molar-refractivity contribution is 5.01. The second kappa shape index (κ2) is 3.31. The molecule has 12 heavy (non-hydrogen) atoms. The van der Waals surface area contributed by atoms with Crippen molar-refractivity contribution in [2.24, 2.45) is 11.7 Å². The predicted molar refractivity (Wildman–Crippen MR) is 47.7 cm³/mol. The van der Waals surface area contributed by atoms with E-state index >= 15 is 0 Å². The second-order valence-corrected chi connectivity index (χ2v) is 3.64. The van der Waals surface area contributed by atoms with Gasteiger partial charge in [-0.25, -0.2) is 0 Å². The lowest BCUT2D eigenvalue weighted by molar-refractivity contribution is 0.415. The van der Waals surface area contributed by atoms with Crippen LogP contribution in [0.4, 0.5) is 0 Å². The highest BCUT2D eigenvalue weighted by atomic mass is 16.3. The lowest BCUT2D eigenvalue weighted by Crippen LogP contribution is -2.25. The van der Waals surface area contributed by atoms with Gasteiger partial charge in [0.15, 0.2) is 0 Å². The summed E-state index contributed by atoms with van der Waals surface area (Å²) in [6.45, 7) is 0. The van der Waals surface area contributed by atoms with Gasteiger partial charge in [0.05, 0.1) is 6.26 Å². The molecule has 1 saturated carbocycles. The largest absolute Gasteiger partial charge is 0.469 e. The Bertz CT molecular complexity index is 230. The first-order chi connectivity index (χ1) is 5.86. The fraction of sp³-hybridized carbons (Fsp3) is 0.600. The molecule has 2 rings (SSSR count). The van der Waals surface area contributed by atoms with Crippen molar-refractivity contribution in [1.82, 2.24) is 0 Å². The fourth-order valence-corrected chi connectivity index (χ4v) is 2.01. The molecule has 2 heteroatoms. The maximum atomic E-state index is 5.95. The first-order valence-electron chi connectivity index (χ1n) is 4.64. The summed E-state index contributed by atoms with van der Waals surface area (Å²) in [5.41, 5.74) is 5.95. The first kappa shape index (κ1) is 7.87. The Kier molecular flexibility index (Phi) is 2.17. The van der Waals surface area contributed by atoms with Crippen LogP contribution in [0.25, 0.3) is 0 Å². The van der Waals surface area contributed by atoms with Crippen LogP contribution >= 0.6 is 0 Å². The van der Waals surface area contributed by atoms with E-state index in [4.69, 9.17) is 10.2 Å². The quantitative estimate of drug-likeness (QED) is 0.727. The van der Waals surface area contributed by atoms with E-state index in [0.717, 1.165) is 12.2 Å². The van der Waals surface area contributed by atoms with Gasteiger partial charge in [-0.05, 0) is 30.9 Å². The van der Waals surface area contributed by atoms with E-state index in [1.54, 1.807) is 6.26 Å². The molecule has 1 heterocycles. The average Bonchev–Trinajstić information content (AvgIpc) is 2.65. The molecule has 0 aromatic carbocycles. The molecule has 1 aliphatic carbocycles. The normalized spacial score (nSPS) is 29.4. The van der Waals surface area contributed by atoms with Crippen LogP contribution in [0.5, 0.6) is 0 Å². The highest BCUT2D eigenvalue weighted by Crippen LogP contribution is 2.27. The Labute approximate surface area is 72.7 Å². The minimum Gasteiger partial charge on any atom is -0.469 e. The number of hydrogen-bond donors (Lipinski definition) is 1. The third-order valence-corrected chi connectivity index (χ3v) is 2.76. The van der Waals surface area contributed by atoms with Gasteiger partial charge in [-0.2, -0.15) is 0 Å². The number of hydrogen-bond acceptors (Lipinski definition) is 2. The molecule has 2 N–H and O–H groups in total. The zero-order valence-corrected chi connectivity index (χ0v) is 7.20. The molecule has 0 unspecified atom stereocenters. The van der Waals surface area contributed by atoms with Crippen LogP contribution in [-0.2, 0) is 6.42 Å². The van der Waals surface area contributed by atoms with Crippen molar-refractivity contribution in [1.29, 1.82) is 0 Å². The summed E-state index contributed by atoms with van der Waals surface area (Å²) >= 11 is 0. The van der Waals surface area contributed by atoms with Gasteiger partial charge in [-0.3, -0.25) is 0 Å². The maximum Gasteiger partial charge on any atom is 0.104 e. The zero-order valence-electron chi connectivity index (χ0n) is 7.20. The van der Waals surface area contributed by atoms with E-state index in [1.165, 1.54) is 19.3 Å². The molecule has 1 aromatic heterocycles. The van der Waals surface area contributed by atoms with E-state index in [9.17, 15) is 0 Å². The molecule has 0 saturated heterocycles. The molecule has 0 radical (unpaired) electrons. The summed E-state index contributed by atoms with van der Waals surface area (Å²) in [4.78, 5) is 0. The van der Waals surface area contributed by atoms with Gasteiger partial charge in [-0.15, -0.1) is 0 Å². The summed E-state index contributed by atoms with van der Waals surface area (Å²) in [7, 11) is 0. The van der Waals surface area contributed by atoms with Gasteiger partial charge in [0.25, 0.3) is 0 Å². The smallest absolute Gasteiger partial charge is 0.104 e. The van der Waals surface area contributed by atoms with Gasteiger partial charge in [0.2, 0.25) is 0 Å². The number of nitrogens with two attached hydrogens (primary N) is 1. The molecule has 0 spiro atoms. The van der Waals surface area contributed by atoms with Crippen LogP contribution < -0.4 is 5.73 Å². The number of furan rings is 1. The molecular weight excluding hydrogens is 150 g/mol. The summed E-state index contributed by atoms with van der Waals surface area (Å²) in [6.07, 6.45) is 6.49. The van der Waals surface area contributed by atoms with Crippen molar-refractivity contribution in [3.8, 4) is 0 Å². The minimum absolute atomic E-state index is 0.398. The molecule has 2 atom stereocenters. The van der Waals surface area contributed by atoms with Crippen LogP contribution in [0.1, 0.15) is 25.0 Å². The monoisotopic (exact) mass is 165 g/mol. The highest BCUT2D eigenvalue weighted by Gasteiger charge is 2.24. The molecule has 0 amide bonds. The van der Waals surface area contributed by atoms with E-state index < -0.39 is 0 Å². The average molecular weight is 165 g/mol. The van der Waals surface area contributed by atoms with Gasteiger partial charge in [0.1, 0.15) is 5.76 Å². The number of rotatable bonds is 2. The van der Waals surface area contributed by atoms with E-state index in [0.29, 0.717) is 12.0 Å². The molecule has 1 aromatic rings. The Morgan fingerprint density at radius 2 is 2.42 bits per heavy atom. The van der Waals surface area contributed by atoms with Crippen molar-refractivity contribution in [2.75, 3.05) is 0 Å². The Balaban J connectivity index is 1.95. The standard InChI is InChI=1S/C10H15NO/c11-10-5-1-3-8(10)7-9-4-2-6-12-9/h2,4,6,8,10H,1,3,5,7,11H2/t8-,10+/m1/s1. The Morgan fingerprint density at radius 3 is 3.00 bits per heavy atom.